The third kappa shape index (κ3) is 5.50. The minimum Gasteiger partial charge on any atom is -0.494 e. The lowest BCUT2D eigenvalue weighted by Crippen LogP contribution is -2.11. The van der Waals surface area contributed by atoms with E-state index in [1.807, 2.05) is 6.08 Å². The lowest BCUT2D eigenvalue weighted by atomic mass is 10.0. The summed E-state index contributed by atoms with van der Waals surface area (Å²) < 4.78 is 18.1. The van der Waals surface area contributed by atoms with Gasteiger partial charge >= 0.3 is 0 Å². The van der Waals surface area contributed by atoms with E-state index in [0.29, 0.717) is 12.4 Å². The van der Waals surface area contributed by atoms with Crippen LogP contribution >= 0.6 is 0 Å². The van der Waals surface area contributed by atoms with Crippen molar-refractivity contribution in [1.82, 2.24) is 0 Å². The van der Waals surface area contributed by atoms with Gasteiger partial charge in [-0.3, -0.25) is 0 Å². The summed E-state index contributed by atoms with van der Waals surface area (Å²) in [7, 11) is 0. The van der Waals surface area contributed by atoms with Gasteiger partial charge in [0.05, 0.1) is 6.61 Å². The van der Waals surface area contributed by atoms with E-state index in [1.165, 1.54) is 12.1 Å². The summed E-state index contributed by atoms with van der Waals surface area (Å²) in [4.78, 5) is 0. The molecule has 0 aromatic heterocycles. The Hall–Kier alpha value is -1.35. The van der Waals surface area contributed by atoms with Crippen LogP contribution in [0.4, 0.5) is 4.39 Å². The summed E-state index contributed by atoms with van der Waals surface area (Å²) in [6.07, 6.45) is 4.47. The zero-order valence-corrected chi connectivity index (χ0v) is 9.94. The van der Waals surface area contributed by atoms with Crippen molar-refractivity contribution in [2.75, 3.05) is 13.2 Å². The molecule has 0 radical (unpaired) electrons. The Bertz CT molecular complexity index is 321. The SMILES string of the molecule is C=CCCC(CO)CCOc1ccc(F)cc1. The number of hydrogen-bond donors (Lipinski definition) is 1. The fourth-order valence-corrected chi connectivity index (χ4v) is 1.55. The van der Waals surface area contributed by atoms with Crippen molar-refractivity contribution >= 4 is 0 Å². The second kappa shape index (κ2) is 7.85. The number of aliphatic hydroxyl groups excluding tert-OH is 1. The summed E-state index contributed by atoms with van der Waals surface area (Å²) in [6.45, 7) is 4.36. The molecule has 1 aromatic carbocycles. The zero-order chi connectivity index (χ0) is 12.5. The summed E-state index contributed by atoms with van der Waals surface area (Å²) in [5.74, 6) is 0.636. The van der Waals surface area contributed by atoms with Gasteiger partial charge in [0, 0.05) is 6.61 Å². The van der Waals surface area contributed by atoms with E-state index >= 15 is 0 Å². The minimum atomic E-state index is -0.267. The Balaban J connectivity index is 2.25. The monoisotopic (exact) mass is 238 g/mol. The topological polar surface area (TPSA) is 29.5 Å². The van der Waals surface area contributed by atoms with Crippen LogP contribution < -0.4 is 4.74 Å². The molecule has 1 atom stereocenters. The van der Waals surface area contributed by atoms with Gasteiger partial charge < -0.3 is 9.84 Å². The fraction of sp³-hybridized carbons (Fsp3) is 0.429. The first kappa shape index (κ1) is 13.7. The predicted molar refractivity (Wildman–Crippen MR) is 66.5 cm³/mol. The largest absolute Gasteiger partial charge is 0.494 e. The van der Waals surface area contributed by atoms with Gasteiger partial charge in [-0.15, -0.1) is 6.58 Å². The van der Waals surface area contributed by atoms with E-state index in [2.05, 4.69) is 6.58 Å². The van der Waals surface area contributed by atoms with Crippen LogP contribution in [-0.4, -0.2) is 18.3 Å². The number of hydrogen-bond acceptors (Lipinski definition) is 2. The molecule has 0 bridgehead atoms. The Morgan fingerprint density at radius 3 is 2.59 bits per heavy atom. The van der Waals surface area contributed by atoms with E-state index < -0.39 is 0 Å². The van der Waals surface area contributed by atoms with Gasteiger partial charge in [-0.25, -0.2) is 4.39 Å². The van der Waals surface area contributed by atoms with E-state index in [9.17, 15) is 4.39 Å². The highest BCUT2D eigenvalue weighted by Crippen LogP contribution is 2.14. The average Bonchev–Trinajstić information content (AvgIpc) is 2.36. The number of ether oxygens (including phenoxy) is 1. The molecule has 0 aliphatic heterocycles. The summed E-state index contributed by atoms with van der Waals surface area (Å²) in [5, 5.41) is 9.15. The Morgan fingerprint density at radius 2 is 2.00 bits per heavy atom. The summed E-state index contributed by atoms with van der Waals surface area (Å²) in [6, 6.07) is 5.95. The van der Waals surface area contributed by atoms with Crippen molar-refractivity contribution in [2.45, 2.75) is 19.3 Å². The lowest BCUT2D eigenvalue weighted by Gasteiger charge is -2.13. The van der Waals surface area contributed by atoms with Crippen molar-refractivity contribution in [2.24, 2.45) is 5.92 Å². The molecule has 3 heteroatoms. The van der Waals surface area contributed by atoms with Crippen LogP contribution in [0.15, 0.2) is 36.9 Å². The Morgan fingerprint density at radius 1 is 1.29 bits per heavy atom. The fourth-order valence-electron chi connectivity index (χ4n) is 1.55. The third-order valence-corrected chi connectivity index (χ3v) is 2.65. The van der Waals surface area contributed by atoms with Crippen LogP contribution in [0.3, 0.4) is 0 Å². The Labute approximate surface area is 102 Å². The van der Waals surface area contributed by atoms with Gasteiger partial charge in [0.15, 0.2) is 0 Å². The van der Waals surface area contributed by atoms with Crippen LogP contribution in [-0.2, 0) is 0 Å². The summed E-state index contributed by atoms with van der Waals surface area (Å²) >= 11 is 0. The number of halogens is 1. The van der Waals surface area contributed by atoms with Crippen molar-refractivity contribution in [1.29, 1.82) is 0 Å². The first-order valence-electron chi connectivity index (χ1n) is 5.86. The molecule has 1 aromatic rings. The summed E-state index contributed by atoms with van der Waals surface area (Å²) in [5.41, 5.74) is 0. The molecule has 0 heterocycles. The maximum absolute atomic E-state index is 12.6. The van der Waals surface area contributed by atoms with Crippen molar-refractivity contribution in [3.8, 4) is 5.75 Å². The van der Waals surface area contributed by atoms with Crippen molar-refractivity contribution < 1.29 is 14.2 Å². The number of benzene rings is 1. The highest BCUT2D eigenvalue weighted by atomic mass is 19.1. The van der Waals surface area contributed by atoms with Crippen LogP contribution in [0.1, 0.15) is 19.3 Å². The van der Waals surface area contributed by atoms with Gasteiger partial charge in [0.1, 0.15) is 11.6 Å². The molecule has 0 aliphatic carbocycles. The lowest BCUT2D eigenvalue weighted by molar-refractivity contribution is 0.185. The molecule has 0 saturated heterocycles. The molecule has 2 nitrogen and oxygen atoms in total. The zero-order valence-electron chi connectivity index (χ0n) is 9.94. The van der Waals surface area contributed by atoms with Crippen molar-refractivity contribution in [3.05, 3.63) is 42.7 Å². The minimum absolute atomic E-state index is 0.167. The van der Waals surface area contributed by atoms with Gasteiger partial charge in [-0.2, -0.15) is 0 Å². The molecular weight excluding hydrogens is 219 g/mol. The van der Waals surface area contributed by atoms with E-state index in [-0.39, 0.29) is 18.3 Å². The van der Waals surface area contributed by atoms with Crippen LogP contribution in [0.5, 0.6) is 5.75 Å². The average molecular weight is 238 g/mol. The molecule has 17 heavy (non-hydrogen) atoms. The second-order valence-electron chi connectivity index (χ2n) is 4.01. The molecule has 94 valence electrons. The van der Waals surface area contributed by atoms with Crippen molar-refractivity contribution in [3.63, 3.8) is 0 Å². The quantitative estimate of drug-likeness (QED) is 0.705. The van der Waals surface area contributed by atoms with Crippen LogP contribution in [0.25, 0.3) is 0 Å². The van der Waals surface area contributed by atoms with Gasteiger partial charge in [-0.05, 0) is 49.4 Å². The number of allylic oxidation sites excluding steroid dienone is 1. The first-order chi connectivity index (χ1) is 8.26. The maximum atomic E-state index is 12.6. The van der Waals surface area contributed by atoms with E-state index in [0.717, 1.165) is 19.3 Å². The molecule has 1 rings (SSSR count). The van der Waals surface area contributed by atoms with Gasteiger partial charge in [-0.1, -0.05) is 6.08 Å². The van der Waals surface area contributed by atoms with Crippen LogP contribution in [0.2, 0.25) is 0 Å². The normalized spacial score (nSPS) is 12.1. The molecule has 1 N–H and O–H groups in total. The third-order valence-electron chi connectivity index (χ3n) is 2.65. The van der Waals surface area contributed by atoms with E-state index in [1.54, 1.807) is 12.1 Å². The molecular formula is C14H19FO2. The van der Waals surface area contributed by atoms with E-state index in [4.69, 9.17) is 9.84 Å². The van der Waals surface area contributed by atoms with Gasteiger partial charge in [0.25, 0.3) is 0 Å². The highest BCUT2D eigenvalue weighted by molar-refractivity contribution is 5.21. The molecule has 0 amide bonds. The smallest absolute Gasteiger partial charge is 0.123 e. The Kier molecular flexibility index (Phi) is 6.33. The molecule has 1 unspecified atom stereocenters. The molecule has 0 spiro atoms. The standard InChI is InChI=1S/C14H19FO2/c1-2-3-4-12(11-16)9-10-17-14-7-5-13(15)6-8-14/h2,5-8,12,16H,1,3-4,9-11H2. The first-order valence-corrected chi connectivity index (χ1v) is 5.86. The van der Waals surface area contributed by atoms with Crippen LogP contribution in [0, 0.1) is 11.7 Å². The molecule has 0 aliphatic rings. The molecule has 0 saturated carbocycles. The highest BCUT2D eigenvalue weighted by Gasteiger charge is 2.06. The maximum Gasteiger partial charge on any atom is 0.123 e. The second-order valence-corrected chi connectivity index (χ2v) is 4.01. The number of rotatable bonds is 8. The van der Waals surface area contributed by atoms with Gasteiger partial charge in [0.2, 0.25) is 0 Å². The molecule has 0 fully saturated rings. The number of aliphatic hydroxyl groups is 1. The predicted octanol–water partition coefficient (Wildman–Crippen LogP) is 3.17.